The SMILES string of the molecule is O=C(Cn1c(-c2cccc3ccccc23)nc2ccccc21)NC1CCCC1. The molecule has 3 aromatic carbocycles. The summed E-state index contributed by atoms with van der Waals surface area (Å²) in [5.74, 6) is 0.913. The lowest BCUT2D eigenvalue weighted by Gasteiger charge is -2.15. The van der Waals surface area contributed by atoms with Crippen LogP contribution in [0.3, 0.4) is 0 Å². The number of nitrogens with one attached hydrogen (secondary N) is 1. The Labute approximate surface area is 164 Å². The maximum Gasteiger partial charge on any atom is 0.240 e. The minimum Gasteiger partial charge on any atom is -0.352 e. The summed E-state index contributed by atoms with van der Waals surface area (Å²) < 4.78 is 2.06. The summed E-state index contributed by atoms with van der Waals surface area (Å²) in [6.45, 7) is 0.287. The molecule has 1 heterocycles. The highest BCUT2D eigenvalue weighted by molar-refractivity contribution is 5.97. The third-order valence-corrected chi connectivity index (χ3v) is 5.71. The molecule has 0 saturated heterocycles. The van der Waals surface area contributed by atoms with E-state index in [1.165, 1.54) is 18.2 Å². The van der Waals surface area contributed by atoms with Crippen LogP contribution in [0.1, 0.15) is 25.7 Å². The third-order valence-electron chi connectivity index (χ3n) is 5.71. The van der Waals surface area contributed by atoms with Gasteiger partial charge in [0.1, 0.15) is 12.4 Å². The number of hydrogen-bond acceptors (Lipinski definition) is 2. The Hall–Kier alpha value is -3.14. The van der Waals surface area contributed by atoms with Gasteiger partial charge < -0.3 is 9.88 Å². The van der Waals surface area contributed by atoms with Crippen molar-refractivity contribution in [1.82, 2.24) is 14.9 Å². The van der Waals surface area contributed by atoms with Crippen LogP contribution in [0, 0.1) is 0 Å². The average Bonchev–Trinajstić information content (AvgIpc) is 3.36. The maximum atomic E-state index is 12.8. The fourth-order valence-corrected chi connectivity index (χ4v) is 4.35. The van der Waals surface area contributed by atoms with Crippen molar-refractivity contribution in [3.63, 3.8) is 0 Å². The summed E-state index contributed by atoms with van der Waals surface area (Å²) in [7, 11) is 0. The number of carbonyl (C=O) groups excluding carboxylic acids is 1. The fraction of sp³-hybridized carbons (Fsp3) is 0.250. The van der Waals surface area contributed by atoms with E-state index in [1.54, 1.807) is 0 Å². The Morgan fingerprint density at radius 3 is 2.61 bits per heavy atom. The van der Waals surface area contributed by atoms with Gasteiger partial charge in [0.2, 0.25) is 5.91 Å². The zero-order valence-electron chi connectivity index (χ0n) is 15.8. The molecule has 1 fully saturated rings. The summed E-state index contributed by atoms with van der Waals surface area (Å²) in [6.07, 6.45) is 4.60. The number of aromatic nitrogens is 2. The number of fused-ring (bicyclic) bond motifs is 2. The highest BCUT2D eigenvalue weighted by Crippen LogP contribution is 2.31. The Kier molecular flexibility index (Phi) is 4.32. The van der Waals surface area contributed by atoms with Crippen molar-refractivity contribution in [2.24, 2.45) is 0 Å². The van der Waals surface area contributed by atoms with Gasteiger partial charge >= 0.3 is 0 Å². The van der Waals surface area contributed by atoms with Crippen LogP contribution in [0.2, 0.25) is 0 Å². The van der Waals surface area contributed by atoms with Crippen LogP contribution in [0.25, 0.3) is 33.2 Å². The van der Waals surface area contributed by atoms with E-state index >= 15 is 0 Å². The molecule has 1 aliphatic rings. The average molecular weight is 369 g/mol. The molecule has 4 nitrogen and oxygen atoms in total. The van der Waals surface area contributed by atoms with Gasteiger partial charge in [-0.25, -0.2) is 4.98 Å². The number of benzene rings is 3. The van der Waals surface area contributed by atoms with Crippen molar-refractivity contribution in [3.05, 3.63) is 66.7 Å². The van der Waals surface area contributed by atoms with Gasteiger partial charge in [-0.05, 0) is 35.7 Å². The quantitative estimate of drug-likeness (QED) is 0.555. The second kappa shape index (κ2) is 7.12. The van der Waals surface area contributed by atoms with Crippen molar-refractivity contribution in [1.29, 1.82) is 0 Å². The molecule has 0 radical (unpaired) electrons. The second-order valence-electron chi connectivity index (χ2n) is 7.59. The molecule has 0 atom stereocenters. The predicted molar refractivity (Wildman–Crippen MR) is 113 cm³/mol. The van der Waals surface area contributed by atoms with E-state index in [-0.39, 0.29) is 12.5 Å². The first kappa shape index (κ1) is 17.0. The monoisotopic (exact) mass is 369 g/mol. The topological polar surface area (TPSA) is 46.9 Å². The van der Waals surface area contributed by atoms with Crippen molar-refractivity contribution in [2.75, 3.05) is 0 Å². The summed E-state index contributed by atoms with van der Waals surface area (Å²) in [5.41, 5.74) is 2.97. The third kappa shape index (κ3) is 3.05. The molecule has 28 heavy (non-hydrogen) atoms. The molecular formula is C24H23N3O. The summed E-state index contributed by atoms with van der Waals surface area (Å²) >= 11 is 0. The summed E-state index contributed by atoms with van der Waals surface area (Å²) in [6, 6.07) is 22.9. The minimum absolute atomic E-state index is 0.0662. The first-order chi connectivity index (χ1) is 13.8. The smallest absolute Gasteiger partial charge is 0.240 e. The highest BCUT2D eigenvalue weighted by Gasteiger charge is 2.20. The molecule has 0 unspecified atom stereocenters. The molecule has 4 heteroatoms. The lowest BCUT2D eigenvalue weighted by atomic mass is 10.0. The largest absolute Gasteiger partial charge is 0.352 e. The number of imidazole rings is 1. The Morgan fingerprint density at radius 1 is 0.964 bits per heavy atom. The fourth-order valence-electron chi connectivity index (χ4n) is 4.35. The molecule has 0 aliphatic heterocycles. The molecular weight excluding hydrogens is 346 g/mol. The van der Waals surface area contributed by atoms with Gasteiger partial charge in [0.15, 0.2) is 0 Å². The van der Waals surface area contributed by atoms with Gasteiger partial charge in [-0.3, -0.25) is 4.79 Å². The number of rotatable bonds is 4. The molecule has 1 aromatic heterocycles. The lowest BCUT2D eigenvalue weighted by Crippen LogP contribution is -2.35. The minimum atomic E-state index is 0.0662. The highest BCUT2D eigenvalue weighted by atomic mass is 16.2. The normalized spacial score (nSPS) is 14.7. The summed E-state index contributed by atoms with van der Waals surface area (Å²) in [5, 5.41) is 5.54. The van der Waals surface area contributed by atoms with Gasteiger partial charge in [-0.1, -0.05) is 67.4 Å². The first-order valence-electron chi connectivity index (χ1n) is 10.0. The van der Waals surface area contributed by atoms with Gasteiger partial charge in [-0.15, -0.1) is 0 Å². The lowest BCUT2D eigenvalue weighted by molar-refractivity contribution is -0.122. The van der Waals surface area contributed by atoms with E-state index in [0.29, 0.717) is 6.04 Å². The van der Waals surface area contributed by atoms with Crippen LogP contribution in [-0.2, 0) is 11.3 Å². The van der Waals surface area contributed by atoms with Crippen LogP contribution >= 0.6 is 0 Å². The molecule has 1 amide bonds. The zero-order valence-corrected chi connectivity index (χ0v) is 15.8. The van der Waals surface area contributed by atoms with Crippen molar-refractivity contribution >= 4 is 27.7 Å². The predicted octanol–water partition coefficient (Wildman–Crippen LogP) is 4.92. The van der Waals surface area contributed by atoms with Gasteiger partial charge in [0.25, 0.3) is 0 Å². The number of para-hydroxylation sites is 2. The Morgan fingerprint density at radius 2 is 1.71 bits per heavy atom. The number of nitrogens with zero attached hydrogens (tertiary/aromatic N) is 2. The maximum absolute atomic E-state index is 12.8. The van der Waals surface area contributed by atoms with Crippen LogP contribution in [0.4, 0.5) is 0 Å². The molecule has 140 valence electrons. The van der Waals surface area contributed by atoms with E-state index < -0.39 is 0 Å². The van der Waals surface area contributed by atoms with Crippen LogP contribution in [0.5, 0.6) is 0 Å². The molecule has 1 aliphatic carbocycles. The molecule has 1 N–H and O–H groups in total. The van der Waals surface area contributed by atoms with E-state index in [4.69, 9.17) is 4.98 Å². The second-order valence-corrected chi connectivity index (χ2v) is 7.59. The number of hydrogen-bond donors (Lipinski definition) is 1. The van der Waals surface area contributed by atoms with E-state index in [9.17, 15) is 4.79 Å². The van der Waals surface area contributed by atoms with E-state index in [2.05, 4.69) is 40.2 Å². The van der Waals surface area contributed by atoms with Crippen LogP contribution in [0.15, 0.2) is 66.7 Å². The van der Waals surface area contributed by atoms with Crippen LogP contribution in [-0.4, -0.2) is 21.5 Å². The van der Waals surface area contributed by atoms with Crippen molar-refractivity contribution in [2.45, 2.75) is 38.3 Å². The molecule has 0 bridgehead atoms. The first-order valence-corrected chi connectivity index (χ1v) is 10.0. The van der Waals surface area contributed by atoms with Gasteiger partial charge in [-0.2, -0.15) is 0 Å². The molecule has 1 saturated carbocycles. The zero-order chi connectivity index (χ0) is 18.9. The Bertz CT molecular complexity index is 1150. The van der Waals surface area contributed by atoms with Gasteiger partial charge in [0, 0.05) is 11.6 Å². The molecule has 4 aromatic rings. The Balaban J connectivity index is 1.60. The van der Waals surface area contributed by atoms with Gasteiger partial charge in [0.05, 0.1) is 11.0 Å². The molecule has 0 spiro atoms. The van der Waals surface area contributed by atoms with E-state index in [1.807, 2.05) is 36.4 Å². The van der Waals surface area contributed by atoms with Crippen molar-refractivity contribution < 1.29 is 4.79 Å². The van der Waals surface area contributed by atoms with E-state index in [0.717, 1.165) is 40.6 Å². The number of carbonyl (C=O) groups is 1. The molecule has 5 rings (SSSR count). The summed E-state index contributed by atoms with van der Waals surface area (Å²) in [4.78, 5) is 17.7. The number of amides is 1. The standard InChI is InChI=1S/C24H23N3O/c28-23(25-18-10-2-3-11-18)16-27-22-15-6-5-14-21(22)26-24(27)20-13-7-9-17-8-1-4-12-19(17)20/h1,4-9,12-15,18H,2-3,10-11,16H2,(H,25,28). The van der Waals surface area contributed by atoms with Crippen molar-refractivity contribution in [3.8, 4) is 11.4 Å². The van der Waals surface area contributed by atoms with Crippen LogP contribution < -0.4 is 5.32 Å².